The van der Waals surface area contributed by atoms with E-state index in [1.807, 2.05) is 0 Å². The maximum atomic E-state index is 12.0. The van der Waals surface area contributed by atoms with Gasteiger partial charge in [0, 0.05) is 25.7 Å². The highest BCUT2D eigenvalue weighted by Gasteiger charge is 2.57. The van der Waals surface area contributed by atoms with Gasteiger partial charge in [0.2, 0.25) is 0 Å². The van der Waals surface area contributed by atoms with Crippen molar-refractivity contribution in [2.24, 2.45) is 0 Å². The average molecular weight is 366 g/mol. The summed E-state index contributed by atoms with van der Waals surface area (Å²) < 4.78 is 29.5. The molecule has 0 saturated carbocycles. The third-order valence-corrected chi connectivity index (χ3v) is 6.33. The van der Waals surface area contributed by atoms with Crippen LogP contribution >= 0.6 is 15.2 Å². The van der Waals surface area contributed by atoms with Gasteiger partial charge in [0.05, 0.1) is 0 Å². The fourth-order valence-electron chi connectivity index (χ4n) is 2.18. The molecule has 0 aromatic carbocycles. The van der Waals surface area contributed by atoms with Gasteiger partial charge in [-0.2, -0.15) is 0 Å². The SMILES string of the molecule is C=CCC(CC=C)(OC(CC=C)(CC=C)P(=O)(O)O)P(=O)(O)O. The molecule has 0 atom stereocenters. The molecule has 0 heterocycles. The fraction of sp³-hybridized carbons (Fsp3) is 0.429. The summed E-state index contributed by atoms with van der Waals surface area (Å²) in [6.07, 6.45) is 3.59. The summed E-state index contributed by atoms with van der Waals surface area (Å²) in [5.41, 5.74) is 0. The Bertz CT molecular complexity index is 475. The monoisotopic (exact) mass is 366 g/mol. The van der Waals surface area contributed by atoms with Crippen molar-refractivity contribution >= 4 is 15.2 Å². The standard InChI is InChI=1S/C14H24O7P2/c1-5-9-13(10-6-2,22(15,16)17)21-14(11-7-3,12-8-4)23(18,19)20/h5-8H,1-4,9-12H2,(H2,15,16,17)(H2,18,19,20). The van der Waals surface area contributed by atoms with Crippen molar-refractivity contribution in [2.75, 3.05) is 0 Å². The quantitative estimate of drug-likeness (QED) is 0.309. The molecule has 0 rings (SSSR count). The molecule has 0 saturated heterocycles. The van der Waals surface area contributed by atoms with Gasteiger partial charge in [-0.3, -0.25) is 9.13 Å². The highest BCUT2D eigenvalue weighted by molar-refractivity contribution is 7.54. The van der Waals surface area contributed by atoms with Crippen LogP contribution in [0, 0.1) is 0 Å². The van der Waals surface area contributed by atoms with Crippen LogP contribution in [0.2, 0.25) is 0 Å². The number of hydrogen-bond acceptors (Lipinski definition) is 3. The summed E-state index contributed by atoms with van der Waals surface area (Å²) in [5, 5.41) is -4.35. The molecule has 132 valence electrons. The van der Waals surface area contributed by atoms with Crippen LogP contribution in [0.1, 0.15) is 25.7 Å². The van der Waals surface area contributed by atoms with Gasteiger partial charge in [0.15, 0.2) is 10.7 Å². The molecule has 0 amide bonds. The van der Waals surface area contributed by atoms with E-state index < -0.39 is 25.9 Å². The van der Waals surface area contributed by atoms with Gasteiger partial charge in [-0.1, -0.05) is 24.3 Å². The molecule has 7 nitrogen and oxygen atoms in total. The second-order valence-electron chi connectivity index (χ2n) is 5.05. The minimum Gasteiger partial charge on any atom is -0.342 e. The maximum absolute atomic E-state index is 12.0. The molecule has 0 unspecified atom stereocenters. The molecule has 9 heteroatoms. The minimum atomic E-state index is -4.93. The number of hydrogen-bond donors (Lipinski definition) is 4. The van der Waals surface area contributed by atoms with Crippen LogP contribution < -0.4 is 0 Å². The van der Waals surface area contributed by atoms with Gasteiger partial charge in [-0.05, 0) is 0 Å². The molecule has 0 aromatic heterocycles. The lowest BCUT2D eigenvalue weighted by Crippen LogP contribution is -2.44. The van der Waals surface area contributed by atoms with Crippen LogP contribution in [0.5, 0.6) is 0 Å². The highest BCUT2D eigenvalue weighted by atomic mass is 31.2. The minimum absolute atomic E-state index is 0.320. The predicted octanol–water partition coefficient (Wildman–Crippen LogP) is 3.06. The smallest absolute Gasteiger partial charge is 0.342 e. The van der Waals surface area contributed by atoms with Crippen molar-refractivity contribution in [3.05, 3.63) is 50.6 Å². The molecule has 0 bridgehead atoms. The maximum Gasteiger partial charge on any atom is 0.357 e. The van der Waals surface area contributed by atoms with E-state index >= 15 is 0 Å². The van der Waals surface area contributed by atoms with Crippen LogP contribution in [0.4, 0.5) is 0 Å². The molecule has 0 aliphatic carbocycles. The Morgan fingerprint density at radius 1 is 0.696 bits per heavy atom. The van der Waals surface area contributed by atoms with E-state index in [4.69, 9.17) is 4.74 Å². The zero-order valence-electron chi connectivity index (χ0n) is 12.9. The number of ether oxygens (including phenoxy) is 1. The first-order valence-corrected chi connectivity index (χ1v) is 9.93. The largest absolute Gasteiger partial charge is 0.357 e. The first-order chi connectivity index (χ1) is 10.4. The molecule has 0 radical (unpaired) electrons. The molecule has 0 spiro atoms. The Kier molecular flexibility index (Phi) is 8.07. The van der Waals surface area contributed by atoms with E-state index in [9.17, 15) is 28.7 Å². The van der Waals surface area contributed by atoms with Gasteiger partial charge in [-0.25, -0.2) is 0 Å². The molecular formula is C14H24O7P2. The van der Waals surface area contributed by atoms with Crippen molar-refractivity contribution < 1.29 is 33.4 Å². The summed E-state index contributed by atoms with van der Waals surface area (Å²) in [6, 6.07) is 0. The molecule has 0 aromatic rings. The van der Waals surface area contributed by atoms with E-state index in [2.05, 4.69) is 26.3 Å². The Morgan fingerprint density at radius 3 is 1.04 bits per heavy atom. The second kappa shape index (κ2) is 8.36. The zero-order valence-corrected chi connectivity index (χ0v) is 14.7. The Balaban J connectivity index is 6.34. The lowest BCUT2D eigenvalue weighted by atomic mass is 10.1. The average Bonchev–Trinajstić information content (AvgIpc) is 2.37. The molecule has 23 heavy (non-hydrogen) atoms. The van der Waals surface area contributed by atoms with E-state index in [0.29, 0.717) is 0 Å². The normalized spacial score (nSPS) is 13.4. The summed E-state index contributed by atoms with van der Waals surface area (Å²) in [6.45, 7) is 13.7. The van der Waals surface area contributed by atoms with E-state index in [-0.39, 0.29) is 25.7 Å². The Labute approximate surface area is 136 Å². The molecule has 4 N–H and O–H groups in total. The van der Waals surface area contributed by atoms with Crippen LogP contribution in [0.25, 0.3) is 0 Å². The van der Waals surface area contributed by atoms with Crippen LogP contribution in [-0.4, -0.2) is 30.3 Å². The summed E-state index contributed by atoms with van der Waals surface area (Å²) in [7, 11) is -9.86. The molecular weight excluding hydrogens is 342 g/mol. The molecule has 0 aliphatic heterocycles. The van der Waals surface area contributed by atoms with Crippen molar-refractivity contribution in [3.8, 4) is 0 Å². The topological polar surface area (TPSA) is 124 Å². The highest BCUT2D eigenvalue weighted by Crippen LogP contribution is 2.64. The van der Waals surface area contributed by atoms with Crippen molar-refractivity contribution in [1.29, 1.82) is 0 Å². The Hall–Kier alpha value is -0.780. The third kappa shape index (κ3) is 5.10. The lowest BCUT2D eigenvalue weighted by Gasteiger charge is -2.42. The summed E-state index contributed by atoms with van der Waals surface area (Å²) >= 11 is 0. The second-order valence-corrected chi connectivity index (χ2v) is 8.86. The first kappa shape index (κ1) is 22.2. The van der Waals surface area contributed by atoms with Gasteiger partial charge in [0.1, 0.15) is 0 Å². The Morgan fingerprint density at radius 2 is 0.913 bits per heavy atom. The van der Waals surface area contributed by atoms with Crippen LogP contribution in [0.15, 0.2) is 50.6 Å². The van der Waals surface area contributed by atoms with Gasteiger partial charge in [-0.15, -0.1) is 26.3 Å². The first-order valence-electron chi connectivity index (χ1n) is 6.70. The van der Waals surface area contributed by atoms with Gasteiger partial charge in [0.25, 0.3) is 0 Å². The van der Waals surface area contributed by atoms with Crippen molar-refractivity contribution in [2.45, 2.75) is 36.4 Å². The van der Waals surface area contributed by atoms with Crippen molar-refractivity contribution in [3.63, 3.8) is 0 Å². The summed E-state index contributed by atoms with van der Waals surface area (Å²) in [5.74, 6) is 0. The van der Waals surface area contributed by atoms with E-state index in [1.54, 1.807) is 0 Å². The predicted molar refractivity (Wildman–Crippen MR) is 89.9 cm³/mol. The fourth-order valence-corrected chi connectivity index (χ4v) is 4.31. The van der Waals surface area contributed by atoms with Crippen LogP contribution in [-0.2, 0) is 13.9 Å². The van der Waals surface area contributed by atoms with E-state index in [1.165, 1.54) is 24.3 Å². The molecule has 0 aliphatic rings. The summed E-state index contributed by atoms with van der Waals surface area (Å²) in [4.78, 5) is 39.0. The van der Waals surface area contributed by atoms with Crippen molar-refractivity contribution in [1.82, 2.24) is 0 Å². The van der Waals surface area contributed by atoms with Gasteiger partial charge >= 0.3 is 15.2 Å². The molecule has 0 fully saturated rings. The number of rotatable bonds is 12. The van der Waals surface area contributed by atoms with E-state index in [0.717, 1.165) is 0 Å². The zero-order chi connectivity index (χ0) is 18.4. The lowest BCUT2D eigenvalue weighted by molar-refractivity contribution is -0.0853. The van der Waals surface area contributed by atoms with Gasteiger partial charge < -0.3 is 24.3 Å². The third-order valence-electron chi connectivity index (χ3n) is 3.29. The van der Waals surface area contributed by atoms with Crippen LogP contribution in [0.3, 0.4) is 0 Å².